The number of aliphatic imine (C=N–C) groups is 1. The Morgan fingerprint density at radius 2 is 1.45 bits per heavy atom. The van der Waals surface area contributed by atoms with Gasteiger partial charge in [0.25, 0.3) is 0 Å². The largest absolute Gasteiger partial charge is 0.488 e. The van der Waals surface area contributed by atoms with Crippen LogP contribution >= 0.6 is 0 Å². The lowest BCUT2D eigenvalue weighted by atomic mass is 10.1. The summed E-state index contributed by atoms with van der Waals surface area (Å²) in [6.45, 7) is 3.66. The number of nitrogens with zero attached hydrogens (tertiary/aromatic N) is 2. The molecule has 0 amide bonds. The number of rotatable bonds is 17. The van der Waals surface area contributed by atoms with Crippen LogP contribution in [0.4, 0.5) is 0 Å². The SMILES string of the molecule is CO[C@@H](COCc1ccc2ccccc2c1)COc1c(C)ncc(COCc2ccccc2)c1C=NCC(=O)OCc1ccccc1. The molecule has 1 atom stereocenters. The van der Waals surface area contributed by atoms with Gasteiger partial charge in [0.2, 0.25) is 0 Å². The molecule has 5 aromatic rings. The average Bonchev–Trinajstić information content (AvgIpc) is 3.11. The van der Waals surface area contributed by atoms with Crippen molar-refractivity contribution in [3.05, 3.63) is 143 Å². The summed E-state index contributed by atoms with van der Waals surface area (Å²) in [5, 5.41) is 2.37. The molecule has 0 aliphatic carbocycles. The Hall–Kier alpha value is -4.89. The normalized spacial score (nSPS) is 12.0. The van der Waals surface area contributed by atoms with E-state index in [1.165, 1.54) is 10.8 Å². The van der Waals surface area contributed by atoms with Crippen LogP contribution in [0.5, 0.6) is 5.75 Å². The number of fused-ring (bicyclic) bond motifs is 1. The Kier molecular flexibility index (Phi) is 12.6. The predicted molar refractivity (Wildman–Crippen MR) is 183 cm³/mol. The molecule has 242 valence electrons. The molecule has 0 saturated heterocycles. The van der Waals surface area contributed by atoms with Gasteiger partial charge in [0.05, 0.1) is 32.1 Å². The second kappa shape index (κ2) is 17.7. The van der Waals surface area contributed by atoms with E-state index >= 15 is 0 Å². The van der Waals surface area contributed by atoms with Crippen molar-refractivity contribution in [3.63, 3.8) is 0 Å². The van der Waals surface area contributed by atoms with E-state index < -0.39 is 5.97 Å². The van der Waals surface area contributed by atoms with E-state index in [0.717, 1.165) is 22.3 Å². The Morgan fingerprint density at radius 3 is 2.19 bits per heavy atom. The van der Waals surface area contributed by atoms with Crippen LogP contribution in [0.1, 0.15) is 33.5 Å². The number of aryl methyl sites for hydroxylation is 1. The highest BCUT2D eigenvalue weighted by atomic mass is 16.6. The quantitative estimate of drug-likeness (QED) is 0.0803. The lowest BCUT2D eigenvalue weighted by Crippen LogP contribution is -2.26. The number of aromatic nitrogens is 1. The van der Waals surface area contributed by atoms with Crippen molar-refractivity contribution in [1.82, 2.24) is 4.98 Å². The summed E-state index contributed by atoms with van der Waals surface area (Å²) >= 11 is 0. The molecule has 0 unspecified atom stereocenters. The van der Waals surface area contributed by atoms with E-state index in [4.69, 9.17) is 23.7 Å². The second-order valence-corrected chi connectivity index (χ2v) is 11.1. The molecule has 0 aliphatic heterocycles. The summed E-state index contributed by atoms with van der Waals surface area (Å²) in [6.07, 6.45) is 3.06. The van der Waals surface area contributed by atoms with Gasteiger partial charge in [-0.3, -0.25) is 14.8 Å². The van der Waals surface area contributed by atoms with Gasteiger partial charge in [-0.15, -0.1) is 0 Å². The molecule has 1 heterocycles. The fraction of sp³-hybridized carbons (Fsp3) is 0.256. The van der Waals surface area contributed by atoms with Crippen LogP contribution in [0, 0.1) is 6.92 Å². The molecule has 4 aromatic carbocycles. The second-order valence-electron chi connectivity index (χ2n) is 11.1. The van der Waals surface area contributed by atoms with Crippen LogP contribution in [0.15, 0.2) is 114 Å². The highest BCUT2D eigenvalue weighted by Gasteiger charge is 2.17. The Labute approximate surface area is 276 Å². The molecule has 0 spiro atoms. The van der Waals surface area contributed by atoms with E-state index in [9.17, 15) is 4.79 Å². The third kappa shape index (κ3) is 10.3. The smallest absolute Gasteiger partial charge is 0.328 e. The number of hydrogen-bond donors (Lipinski definition) is 0. The van der Waals surface area contributed by atoms with Gasteiger partial charge in [0.15, 0.2) is 0 Å². The first-order valence-electron chi connectivity index (χ1n) is 15.6. The van der Waals surface area contributed by atoms with Crippen molar-refractivity contribution < 1.29 is 28.5 Å². The Morgan fingerprint density at radius 1 is 0.766 bits per heavy atom. The van der Waals surface area contributed by atoms with Gasteiger partial charge < -0.3 is 23.7 Å². The number of esters is 1. The molecule has 0 bridgehead atoms. The topological polar surface area (TPSA) is 88.5 Å². The predicted octanol–water partition coefficient (Wildman–Crippen LogP) is 7.03. The van der Waals surface area contributed by atoms with E-state index in [-0.39, 0.29) is 32.5 Å². The van der Waals surface area contributed by atoms with Crippen LogP contribution < -0.4 is 4.74 Å². The third-order valence-corrected chi connectivity index (χ3v) is 7.52. The molecular weight excluding hydrogens is 592 g/mol. The average molecular weight is 633 g/mol. The van der Waals surface area contributed by atoms with Gasteiger partial charge in [0, 0.05) is 30.6 Å². The van der Waals surface area contributed by atoms with Crippen molar-refractivity contribution in [2.45, 2.75) is 39.5 Å². The molecular formula is C39H40N2O6. The van der Waals surface area contributed by atoms with Crippen molar-refractivity contribution in [2.24, 2.45) is 4.99 Å². The van der Waals surface area contributed by atoms with Gasteiger partial charge >= 0.3 is 5.97 Å². The molecule has 47 heavy (non-hydrogen) atoms. The monoisotopic (exact) mass is 632 g/mol. The van der Waals surface area contributed by atoms with Crippen molar-refractivity contribution >= 4 is 23.0 Å². The molecule has 0 aliphatic rings. The van der Waals surface area contributed by atoms with Crippen LogP contribution in [0.2, 0.25) is 0 Å². The van der Waals surface area contributed by atoms with E-state index in [1.54, 1.807) is 19.5 Å². The maximum atomic E-state index is 12.5. The standard InChI is InChI=1S/C39H40N2O6/c1-29-39(47-28-36(43-2)27-45-24-32-17-18-33-15-9-10-16-34(33)19-32)37(21-40-22-38(42)46-25-31-13-7-4-8-14-31)35(20-41-29)26-44-23-30-11-5-3-6-12-30/h3-21,36H,22-28H2,1-2H3/t36-/m0/s1. The maximum Gasteiger partial charge on any atom is 0.328 e. The molecule has 5 rings (SSSR count). The first-order valence-corrected chi connectivity index (χ1v) is 15.6. The van der Waals surface area contributed by atoms with Crippen LogP contribution in [0.25, 0.3) is 10.8 Å². The van der Waals surface area contributed by atoms with Gasteiger partial charge in [-0.2, -0.15) is 0 Å². The number of carbonyl (C=O) groups excluding carboxylic acids is 1. The third-order valence-electron chi connectivity index (χ3n) is 7.52. The zero-order valence-electron chi connectivity index (χ0n) is 26.8. The lowest BCUT2D eigenvalue weighted by molar-refractivity contribution is -0.143. The summed E-state index contributed by atoms with van der Waals surface area (Å²) < 4.78 is 29.5. The molecule has 8 heteroatoms. The minimum atomic E-state index is -0.428. The van der Waals surface area contributed by atoms with Crippen LogP contribution in [-0.2, 0) is 50.2 Å². The van der Waals surface area contributed by atoms with Crippen molar-refractivity contribution in [1.29, 1.82) is 0 Å². The molecule has 0 N–H and O–H groups in total. The minimum absolute atomic E-state index is 0.138. The Bertz CT molecular complexity index is 1740. The first-order chi connectivity index (χ1) is 23.1. The highest BCUT2D eigenvalue weighted by molar-refractivity contribution is 5.87. The van der Waals surface area contributed by atoms with Gasteiger partial charge in [-0.05, 0) is 40.5 Å². The molecule has 1 aromatic heterocycles. The number of benzene rings is 4. The number of pyridine rings is 1. The maximum absolute atomic E-state index is 12.5. The number of hydrogen-bond acceptors (Lipinski definition) is 8. The van der Waals surface area contributed by atoms with Crippen molar-refractivity contribution in [3.8, 4) is 5.75 Å². The summed E-state index contributed by atoms with van der Waals surface area (Å²) in [4.78, 5) is 21.4. The van der Waals surface area contributed by atoms with Gasteiger partial charge in [0.1, 0.15) is 31.6 Å². The summed E-state index contributed by atoms with van der Waals surface area (Å²) in [5.41, 5.74) is 5.21. The highest BCUT2D eigenvalue weighted by Crippen LogP contribution is 2.25. The summed E-state index contributed by atoms with van der Waals surface area (Å²) in [6, 6.07) is 34.0. The fourth-order valence-corrected chi connectivity index (χ4v) is 4.93. The Balaban J connectivity index is 1.23. The van der Waals surface area contributed by atoms with E-state index in [0.29, 0.717) is 36.8 Å². The number of ether oxygens (including phenoxy) is 5. The van der Waals surface area contributed by atoms with E-state index in [2.05, 4.69) is 40.3 Å². The van der Waals surface area contributed by atoms with Crippen LogP contribution in [-0.4, -0.2) is 50.1 Å². The summed E-state index contributed by atoms with van der Waals surface area (Å²) in [7, 11) is 1.63. The zero-order valence-corrected chi connectivity index (χ0v) is 26.8. The molecule has 8 nitrogen and oxygen atoms in total. The van der Waals surface area contributed by atoms with Crippen molar-refractivity contribution in [2.75, 3.05) is 26.9 Å². The van der Waals surface area contributed by atoms with Gasteiger partial charge in [-0.25, -0.2) is 0 Å². The first kappa shape index (κ1) is 33.5. The number of carbonyl (C=O) groups is 1. The molecule has 0 saturated carbocycles. The lowest BCUT2D eigenvalue weighted by Gasteiger charge is -2.20. The minimum Gasteiger partial charge on any atom is -0.488 e. The van der Waals surface area contributed by atoms with Crippen LogP contribution in [0.3, 0.4) is 0 Å². The number of methoxy groups -OCH3 is 1. The van der Waals surface area contributed by atoms with E-state index in [1.807, 2.05) is 79.7 Å². The van der Waals surface area contributed by atoms with Gasteiger partial charge in [-0.1, -0.05) is 97.1 Å². The molecule has 0 radical (unpaired) electrons. The summed E-state index contributed by atoms with van der Waals surface area (Å²) in [5.74, 6) is 0.118. The zero-order chi connectivity index (χ0) is 32.7. The molecule has 0 fully saturated rings. The fourth-order valence-electron chi connectivity index (χ4n) is 4.93.